The predicted octanol–water partition coefficient (Wildman–Crippen LogP) is 4.18. The van der Waals surface area contributed by atoms with Crippen LogP contribution in [0.3, 0.4) is 0 Å². The van der Waals surface area contributed by atoms with Crippen LogP contribution in [0.1, 0.15) is 49.5 Å². The van der Waals surface area contributed by atoms with Gasteiger partial charge in [-0.25, -0.2) is 0 Å². The van der Waals surface area contributed by atoms with E-state index in [-0.39, 0.29) is 17.7 Å². The smallest absolute Gasteiger partial charge is 0.260 e. The molecule has 0 saturated heterocycles. The summed E-state index contributed by atoms with van der Waals surface area (Å²) in [4.78, 5) is 23.9. The fourth-order valence-corrected chi connectivity index (χ4v) is 2.64. The summed E-state index contributed by atoms with van der Waals surface area (Å²) in [6.45, 7) is 5.56. The van der Waals surface area contributed by atoms with Gasteiger partial charge >= 0.3 is 0 Å². The molecule has 1 N–H and O–H groups in total. The molecule has 0 bridgehead atoms. The Hall–Kier alpha value is -2.62. The lowest BCUT2D eigenvalue weighted by molar-refractivity contribution is -0.127. The second-order valence-corrected chi connectivity index (χ2v) is 6.50. The van der Waals surface area contributed by atoms with Crippen molar-refractivity contribution in [2.75, 3.05) is 0 Å². The Morgan fingerprint density at radius 2 is 1.65 bits per heavy atom. The van der Waals surface area contributed by atoms with Crippen molar-refractivity contribution in [2.24, 2.45) is 0 Å². The minimum Gasteiger partial charge on any atom is -0.481 e. The second kappa shape index (κ2) is 9.76. The fraction of sp³-hybridized carbons (Fsp3) is 0.364. The van der Waals surface area contributed by atoms with Crippen LogP contribution in [-0.4, -0.2) is 23.8 Å². The maximum Gasteiger partial charge on any atom is 0.260 e. The van der Waals surface area contributed by atoms with E-state index < -0.39 is 6.10 Å². The normalized spacial score (nSPS) is 12.9. The zero-order valence-corrected chi connectivity index (χ0v) is 15.7. The van der Waals surface area contributed by atoms with Crippen molar-refractivity contribution in [3.63, 3.8) is 0 Å². The summed E-state index contributed by atoms with van der Waals surface area (Å²) in [6, 6.07) is 17.2. The monoisotopic (exact) mass is 353 g/mol. The third-order valence-corrected chi connectivity index (χ3v) is 4.28. The van der Waals surface area contributed by atoms with Crippen molar-refractivity contribution < 1.29 is 14.3 Å². The highest BCUT2D eigenvalue weighted by Gasteiger charge is 2.17. The molecule has 0 saturated carbocycles. The molecule has 2 aromatic carbocycles. The van der Waals surface area contributed by atoms with Crippen molar-refractivity contribution >= 4 is 11.7 Å². The SMILES string of the molecule is CCC(=O)c1ccc(O[C@H](C)C(=O)N[C@H](C)CCc2ccccc2)cc1. The molecule has 0 aromatic heterocycles. The van der Waals surface area contributed by atoms with Crippen molar-refractivity contribution in [3.05, 3.63) is 65.7 Å². The highest BCUT2D eigenvalue weighted by molar-refractivity contribution is 5.95. The summed E-state index contributed by atoms with van der Waals surface area (Å²) in [6.07, 6.45) is 1.67. The molecule has 0 spiro atoms. The Labute approximate surface area is 155 Å². The summed E-state index contributed by atoms with van der Waals surface area (Å²) in [5.74, 6) is 0.533. The van der Waals surface area contributed by atoms with Gasteiger partial charge in [0, 0.05) is 18.0 Å². The van der Waals surface area contributed by atoms with Crippen LogP contribution < -0.4 is 10.1 Å². The van der Waals surface area contributed by atoms with Gasteiger partial charge in [0.15, 0.2) is 11.9 Å². The molecule has 1 amide bonds. The van der Waals surface area contributed by atoms with Gasteiger partial charge in [-0.05, 0) is 56.5 Å². The van der Waals surface area contributed by atoms with E-state index >= 15 is 0 Å². The lowest BCUT2D eigenvalue weighted by atomic mass is 10.1. The second-order valence-electron chi connectivity index (χ2n) is 6.50. The van der Waals surface area contributed by atoms with Gasteiger partial charge in [0.25, 0.3) is 5.91 Å². The number of benzene rings is 2. The maximum absolute atomic E-state index is 12.3. The predicted molar refractivity (Wildman–Crippen MR) is 104 cm³/mol. The summed E-state index contributed by atoms with van der Waals surface area (Å²) < 4.78 is 5.68. The number of hydrogen-bond acceptors (Lipinski definition) is 3. The standard InChI is InChI=1S/C22H27NO3/c1-4-21(24)19-12-14-20(15-13-19)26-17(3)22(25)23-16(2)10-11-18-8-6-5-7-9-18/h5-9,12-17H,4,10-11H2,1-3H3,(H,23,25)/t16-,17-/m1/s1. The van der Waals surface area contributed by atoms with Gasteiger partial charge in [-0.1, -0.05) is 37.3 Å². The molecular formula is C22H27NO3. The summed E-state index contributed by atoms with van der Waals surface area (Å²) in [7, 11) is 0. The first kappa shape index (κ1) is 19.7. The van der Waals surface area contributed by atoms with E-state index in [1.807, 2.05) is 32.0 Å². The van der Waals surface area contributed by atoms with Crippen molar-refractivity contribution in [1.82, 2.24) is 5.32 Å². The number of ether oxygens (including phenoxy) is 1. The van der Waals surface area contributed by atoms with Crippen LogP contribution >= 0.6 is 0 Å². The van der Waals surface area contributed by atoms with Crippen LogP contribution in [0.5, 0.6) is 5.75 Å². The van der Waals surface area contributed by atoms with Gasteiger partial charge < -0.3 is 10.1 Å². The Morgan fingerprint density at radius 1 is 1.00 bits per heavy atom. The van der Waals surface area contributed by atoms with Crippen molar-refractivity contribution in [3.8, 4) is 5.75 Å². The average Bonchev–Trinajstić information content (AvgIpc) is 2.67. The Bertz CT molecular complexity index is 710. The zero-order valence-electron chi connectivity index (χ0n) is 15.7. The van der Waals surface area contributed by atoms with Crippen molar-refractivity contribution in [1.29, 1.82) is 0 Å². The Kier molecular flexibility index (Phi) is 7.39. The first-order valence-electron chi connectivity index (χ1n) is 9.13. The molecule has 0 heterocycles. The van der Waals surface area contributed by atoms with Crippen LogP contribution in [0, 0.1) is 0 Å². The van der Waals surface area contributed by atoms with Crippen LogP contribution in [-0.2, 0) is 11.2 Å². The number of nitrogens with one attached hydrogen (secondary N) is 1. The number of carbonyl (C=O) groups is 2. The van der Waals surface area contributed by atoms with Gasteiger partial charge in [-0.15, -0.1) is 0 Å². The first-order valence-corrected chi connectivity index (χ1v) is 9.13. The number of ketones is 1. The fourth-order valence-electron chi connectivity index (χ4n) is 2.64. The van der Waals surface area contributed by atoms with E-state index in [4.69, 9.17) is 4.74 Å². The van der Waals surface area contributed by atoms with E-state index in [9.17, 15) is 9.59 Å². The first-order chi connectivity index (χ1) is 12.5. The number of amides is 1. The molecule has 26 heavy (non-hydrogen) atoms. The van der Waals surface area contributed by atoms with Gasteiger partial charge in [0.05, 0.1) is 0 Å². The summed E-state index contributed by atoms with van der Waals surface area (Å²) >= 11 is 0. The molecular weight excluding hydrogens is 326 g/mol. The van der Waals surface area contributed by atoms with E-state index in [1.54, 1.807) is 31.2 Å². The molecule has 0 aliphatic heterocycles. The quantitative estimate of drug-likeness (QED) is 0.688. The minimum atomic E-state index is -0.595. The number of rotatable bonds is 9. The number of Topliss-reactive ketones (excluding diaryl/α,β-unsaturated/α-hetero) is 1. The molecule has 2 rings (SSSR count). The Morgan fingerprint density at radius 3 is 2.27 bits per heavy atom. The van der Waals surface area contributed by atoms with Gasteiger partial charge in [-0.2, -0.15) is 0 Å². The van der Waals surface area contributed by atoms with Crippen LogP contribution in [0.15, 0.2) is 54.6 Å². The van der Waals surface area contributed by atoms with Gasteiger partial charge in [0.1, 0.15) is 5.75 Å². The molecule has 0 fully saturated rings. The molecule has 4 nitrogen and oxygen atoms in total. The molecule has 0 unspecified atom stereocenters. The molecule has 2 atom stereocenters. The molecule has 138 valence electrons. The average molecular weight is 353 g/mol. The summed E-state index contributed by atoms with van der Waals surface area (Å²) in [5, 5.41) is 2.99. The third kappa shape index (κ3) is 6.03. The van der Waals surface area contributed by atoms with Crippen LogP contribution in [0.2, 0.25) is 0 Å². The maximum atomic E-state index is 12.3. The zero-order chi connectivity index (χ0) is 18.9. The number of carbonyl (C=O) groups excluding carboxylic acids is 2. The van der Waals surface area contributed by atoms with Crippen molar-refractivity contribution in [2.45, 2.75) is 52.2 Å². The molecule has 0 radical (unpaired) electrons. The largest absolute Gasteiger partial charge is 0.481 e. The highest BCUT2D eigenvalue weighted by Crippen LogP contribution is 2.15. The molecule has 2 aromatic rings. The van der Waals surface area contributed by atoms with E-state index in [0.29, 0.717) is 17.7 Å². The number of hydrogen-bond donors (Lipinski definition) is 1. The lowest BCUT2D eigenvalue weighted by Gasteiger charge is -2.19. The Balaban J connectivity index is 1.80. The topological polar surface area (TPSA) is 55.4 Å². The lowest BCUT2D eigenvalue weighted by Crippen LogP contribution is -2.41. The van der Waals surface area contributed by atoms with Crippen LogP contribution in [0.25, 0.3) is 0 Å². The summed E-state index contributed by atoms with van der Waals surface area (Å²) in [5.41, 5.74) is 1.92. The molecule has 4 heteroatoms. The van der Waals surface area contributed by atoms with Gasteiger partial charge in [-0.3, -0.25) is 9.59 Å². The van der Waals surface area contributed by atoms with Gasteiger partial charge in [0.2, 0.25) is 0 Å². The van der Waals surface area contributed by atoms with E-state index in [1.165, 1.54) is 5.56 Å². The van der Waals surface area contributed by atoms with E-state index in [2.05, 4.69) is 17.4 Å². The van der Waals surface area contributed by atoms with E-state index in [0.717, 1.165) is 12.8 Å². The third-order valence-electron chi connectivity index (χ3n) is 4.28. The highest BCUT2D eigenvalue weighted by atomic mass is 16.5. The molecule has 0 aliphatic carbocycles. The van der Waals surface area contributed by atoms with Crippen LogP contribution in [0.4, 0.5) is 0 Å². The number of aryl methyl sites for hydroxylation is 1. The molecule has 0 aliphatic rings. The minimum absolute atomic E-state index is 0.0679.